The average Bonchev–Trinajstić information content (AvgIpc) is 3.30. The Labute approximate surface area is 170 Å². The summed E-state index contributed by atoms with van der Waals surface area (Å²) in [5.74, 6) is 2.83. The summed E-state index contributed by atoms with van der Waals surface area (Å²) >= 11 is 0. The van der Waals surface area contributed by atoms with Crippen LogP contribution in [0.2, 0.25) is 0 Å². The van der Waals surface area contributed by atoms with Gasteiger partial charge in [-0.15, -0.1) is 0 Å². The number of aryl methyl sites for hydroxylation is 4. The Balaban J connectivity index is 1.44. The molecule has 0 fully saturated rings. The summed E-state index contributed by atoms with van der Waals surface area (Å²) in [6.45, 7) is 7.18. The standard InChI is InChI=1S/C23H27N5O/c1-15-7-4-5-8-16(2)28-22(15)25-21(26-28)11-10-19-17(3)27-13-12-20-18(23(27)24-19)9-6-14-29-20/h7-8,12-13H,4-6,9-11,14H2,1-3H3/b15-7-,16-8-. The summed E-state index contributed by atoms with van der Waals surface area (Å²) in [5.41, 5.74) is 6.94. The second-order valence-corrected chi connectivity index (χ2v) is 8.02. The van der Waals surface area contributed by atoms with Crippen molar-refractivity contribution < 1.29 is 4.74 Å². The summed E-state index contributed by atoms with van der Waals surface area (Å²) in [4.78, 5) is 9.82. The first-order chi connectivity index (χ1) is 14.1. The van der Waals surface area contributed by atoms with Crippen molar-refractivity contribution in [2.24, 2.45) is 0 Å². The van der Waals surface area contributed by atoms with Crippen LogP contribution in [0.4, 0.5) is 0 Å². The van der Waals surface area contributed by atoms with Gasteiger partial charge in [0, 0.05) is 29.6 Å². The average molecular weight is 390 g/mol. The van der Waals surface area contributed by atoms with Crippen molar-refractivity contribution in [3.63, 3.8) is 0 Å². The maximum absolute atomic E-state index is 5.81. The molecule has 3 aromatic heterocycles. The molecule has 0 atom stereocenters. The van der Waals surface area contributed by atoms with Gasteiger partial charge in [-0.1, -0.05) is 12.2 Å². The van der Waals surface area contributed by atoms with Crippen LogP contribution in [0, 0.1) is 6.92 Å². The highest BCUT2D eigenvalue weighted by atomic mass is 16.5. The molecule has 5 rings (SSSR count). The molecule has 2 aliphatic heterocycles. The second kappa shape index (κ2) is 7.17. The van der Waals surface area contributed by atoms with E-state index in [2.05, 4.69) is 49.6 Å². The molecule has 0 aromatic carbocycles. The minimum atomic E-state index is 0.782. The second-order valence-electron chi connectivity index (χ2n) is 8.02. The first-order valence-corrected chi connectivity index (χ1v) is 10.5. The maximum atomic E-state index is 5.81. The first kappa shape index (κ1) is 18.2. The minimum absolute atomic E-state index is 0.782. The molecule has 150 valence electrons. The third-order valence-corrected chi connectivity index (χ3v) is 6.00. The molecule has 0 saturated carbocycles. The van der Waals surface area contributed by atoms with E-state index in [0.29, 0.717) is 0 Å². The van der Waals surface area contributed by atoms with Crippen LogP contribution in [0.3, 0.4) is 0 Å². The molecule has 0 aliphatic carbocycles. The van der Waals surface area contributed by atoms with Gasteiger partial charge in [-0.25, -0.2) is 14.6 Å². The molecule has 6 heteroatoms. The summed E-state index contributed by atoms with van der Waals surface area (Å²) in [6, 6.07) is 2.07. The molecule has 0 radical (unpaired) electrons. The van der Waals surface area contributed by atoms with E-state index >= 15 is 0 Å². The van der Waals surface area contributed by atoms with Gasteiger partial charge in [-0.3, -0.25) is 0 Å². The number of ether oxygens (including phenoxy) is 1. The van der Waals surface area contributed by atoms with E-state index in [-0.39, 0.29) is 0 Å². The lowest BCUT2D eigenvalue weighted by atomic mass is 10.1. The summed E-state index contributed by atoms with van der Waals surface area (Å²) in [5, 5.41) is 4.79. The van der Waals surface area contributed by atoms with Crippen LogP contribution < -0.4 is 4.74 Å². The lowest BCUT2D eigenvalue weighted by molar-refractivity contribution is 0.288. The molecule has 3 aromatic rings. The molecule has 0 N–H and O–H groups in total. The predicted molar refractivity (Wildman–Crippen MR) is 114 cm³/mol. The Morgan fingerprint density at radius 1 is 1.07 bits per heavy atom. The number of fused-ring (bicyclic) bond motifs is 4. The quantitative estimate of drug-likeness (QED) is 0.666. The fraction of sp³-hybridized carbons (Fsp3) is 0.435. The maximum Gasteiger partial charge on any atom is 0.158 e. The van der Waals surface area contributed by atoms with Gasteiger partial charge < -0.3 is 9.14 Å². The van der Waals surface area contributed by atoms with Gasteiger partial charge in [0.05, 0.1) is 12.3 Å². The van der Waals surface area contributed by atoms with Crippen LogP contribution in [-0.2, 0) is 19.3 Å². The van der Waals surface area contributed by atoms with E-state index in [1.165, 1.54) is 16.8 Å². The molecule has 0 unspecified atom stereocenters. The largest absolute Gasteiger partial charge is 0.493 e. The third-order valence-electron chi connectivity index (χ3n) is 6.00. The van der Waals surface area contributed by atoms with E-state index in [1.807, 2.05) is 4.68 Å². The Morgan fingerprint density at radius 2 is 1.93 bits per heavy atom. The summed E-state index contributed by atoms with van der Waals surface area (Å²) in [7, 11) is 0. The molecular formula is C23H27N5O. The number of nitrogens with zero attached hydrogens (tertiary/aromatic N) is 5. The number of imidazole rings is 1. The highest BCUT2D eigenvalue weighted by molar-refractivity contribution is 5.62. The number of rotatable bonds is 3. The van der Waals surface area contributed by atoms with E-state index < -0.39 is 0 Å². The fourth-order valence-electron chi connectivity index (χ4n) is 4.31. The van der Waals surface area contributed by atoms with Crippen molar-refractivity contribution >= 4 is 16.9 Å². The number of allylic oxidation sites excluding steroid dienone is 4. The first-order valence-electron chi connectivity index (χ1n) is 10.5. The zero-order valence-corrected chi connectivity index (χ0v) is 17.4. The van der Waals surface area contributed by atoms with Gasteiger partial charge >= 0.3 is 0 Å². The number of hydrogen-bond acceptors (Lipinski definition) is 4. The van der Waals surface area contributed by atoms with E-state index in [1.54, 1.807) is 0 Å². The molecule has 5 heterocycles. The molecular weight excluding hydrogens is 362 g/mol. The smallest absolute Gasteiger partial charge is 0.158 e. The molecule has 0 saturated heterocycles. The number of aromatic nitrogens is 5. The number of pyridine rings is 1. The number of hydrogen-bond donors (Lipinski definition) is 0. The molecule has 2 aliphatic rings. The van der Waals surface area contributed by atoms with Gasteiger partial charge in [0.15, 0.2) is 11.6 Å². The molecule has 0 spiro atoms. The molecule has 6 nitrogen and oxygen atoms in total. The molecule has 0 amide bonds. The van der Waals surface area contributed by atoms with Crippen LogP contribution >= 0.6 is 0 Å². The Bertz CT molecular complexity index is 1110. The van der Waals surface area contributed by atoms with Gasteiger partial charge in [-0.05, 0) is 64.5 Å². The Morgan fingerprint density at radius 3 is 2.83 bits per heavy atom. The highest BCUT2D eigenvalue weighted by Crippen LogP contribution is 2.29. The molecule has 0 bridgehead atoms. The van der Waals surface area contributed by atoms with Gasteiger partial charge in [0.2, 0.25) is 0 Å². The van der Waals surface area contributed by atoms with Crippen molar-refractivity contribution in [3.8, 4) is 5.75 Å². The van der Waals surface area contributed by atoms with E-state index in [4.69, 9.17) is 19.8 Å². The lowest BCUT2D eigenvalue weighted by Gasteiger charge is -2.17. The SMILES string of the molecule is C/C1=C/CC/C=C(/C)n2nc(CCc3nc4c5c(ccn4c3C)OCCC5)nc21. The fourth-order valence-corrected chi connectivity index (χ4v) is 4.31. The zero-order chi connectivity index (χ0) is 20.0. The monoisotopic (exact) mass is 389 g/mol. The zero-order valence-electron chi connectivity index (χ0n) is 17.4. The molecule has 29 heavy (non-hydrogen) atoms. The normalized spacial score (nSPS) is 20.0. The third kappa shape index (κ3) is 3.16. The van der Waals surface area contributed by atoms with Crippen molar-refractivity contribution in [1.82, 2.24) is 24.1 Å². The lowest BCUT2D eigenvalue weighted by Crippen LogP contribution is -2.10. The van der Waals surface area contributed by atoms with Crippen molar-refractivity contribution in [2.45, 2.75) is 59.3 Å². The van der Waals surface area contributed by atoms with Crippen LogP contribution in [0.15, 0.2) is 24.4 Å². The van der Waals surface area contributed by atoms with Gasteiger partial charge in [-0.2, -0.15) is 5.10 Å². The van der Waals surface area contributed by atoms with Crippen LogP contribution in [-0.4, -0.2) is 30.8 Å². The van der Waals surface area contributed by atoms with Crippen LogP contribution in [0.25, 0.3) is 16.9 Å². The predicted octanol–water partition coefficient (Wildman–Crippen LogP) is 4.40. The van der Waals surface area contributed by atoms with Crippen molar-refractivity contribution in [2.75, 3.05) is 6.61 Å². The summed E-state index contributed by atoms with van der Waals surface area (Å²) < 4.78 is 10.00. The van der Waals surface area contributed by atoms with Crippen molar-refractivity contribution in [3.05, 3.63) is 53.0 Å². The highest BCUT2D eigenvalue weighted by Gasteiger charge is 2.19. The van der Waals surface area contributed by atoms with Gasteiger partial charge in [0.1, 0.15) is 11.4 Å². The summed E-state index contributed by atoms with van der Waals surface area (Å²) in [6.07, 6.45) is 12.4. The Kier molecular flexibility index (Phi) is 4.49. The van der Waals surface area contributed by atoms with E-state index in [9.17, 15) is 0 Å². The van der Waals surface area contributed by atoms with Gasteiger partial charge in [0.25, 0.3) is 0 Å². The minimum Gasteiger partial charge on any atom is -0.493 e. The van der Waals surface area contributed by atoms with E-state index in [0.717, 1.165) is 79.6 Å². The van der Waals surface area contributed by atoms with Crippen molar-refractivity contribution in [1.29, 1.82) is 0 Å². The van der Waals surface area contributed by atoms with Crippen LogP contribution in [0.5, 0.6) is 5.75 Å². The topological polar surface area (TPSA) is 57.2 Å². The Hall–Kier alpha value is -2.89. The van der Waals surface area contributed by atoms with Crippen LogP contribution in [0.1, 0.15) is 61.7 Å².